The number of aliphatic hydroxyl groups is 2. The Hall–Kier alpha value is -3.12. The standard InChI is InChI=1S/C21H19N3O5/c1-20-14(26)9-21(29-20,6-8-25)16-15(20)18(27)24(19(16)28)13-5-4-11(10-22)17-12(13)3-2-7-23-17/h2-5,7,14,25-28H,6,8-9H2,1H3/t14-,20-,21+/m1/s1. The molecule has 3 aromatic rings. The molecule has 0 spiro atoms. The first-order valence-electron chi connectivity index (χ1n) is 9.33. The highest BCUT2D eigenvalue weighted by atomic mass is 16.6. The van der Waals surface area contributed by atoms with Crippen molar-refractivity contribution in [2.75, 3.05) is 6.61 Å². The predicted octanol–water partition coefficient (Wildman–Crippen LogP) is 1.90. The lowest BCUT2D eigenvalue weighted by Crippen LogP contribution is -2.33. The fraction of sp³-hybridized carbons (Fsp3) is 0.333. The number of ether oxygens (including phenoxy) is 1. The van der Waals surface area contributed by atoms with Crippen molar-refractivity contribution in [2.45, 2.75) is 37.1 Å². The Morgan fingerprint density at radius 1 is 1.28 bits per heavy atom. The van der Waals surface area contributed by atoms with Crippen LogP contribution in [-0.2, 0) is 15.9 Å². The van der Waals surface area contributed by atoms with Crippen LogP contribution in [-0.4, -0.2) is 42.7 Å². The molecule has 8 heteroatoms. The molecule has 0 unspecified atom stereocenters. The summed E-state index contributed by atoms with van der Waals surface area (Å²) in [5.41, 5.74) is -0.278. The number of aliphatic hydroxyl groups excluding tert-OH is 2. The summed E-state index contributed by atoms with van der Waals surface area (Å²) in [6.45, 7) is 1.47. The van der Waals surface area contributed by atoms with Crippen LogP contribution in [0.2, 0.25) is 0 Å². The number of hydrogen-bond acceptors (Lipinski definition) is 7. The Balaban J connectivity index is 1.83. The van der Waals surface area contributed by atoms with Crippen LogP contribution in [0.4, 0.5) is 0 Å². The van der Waals surface area contributed by atoms with Gasteiger partial charge < -0.3 is 25.2 Å². The molecule has 1 aromatic carbocycles. The van der Waals surface area contributed by atoms with E-state index in [0.717, 1.165) is 0 Å². The maximum Gasteiger partial charge on any atom is 0.205 e. The molecule has 0 amide bonds. The Morgan fingerprint density at radius 3 is 2.76 bits per heavy atom. The zero-order valence-electron chi connectivity index (χ0n) is 15.6. The Kier molecular flexibility index (Phi) is 3.53. The molecular weight excluding hydrogens is 374 g/mol. The summed E-state index contributed by atoms with van der Waals surface area (Å²) in [6.07, 6.45) is 1.08. The van der Waals surface area contributed by atoms with Crippen LogP contribution in [0.5, 0.6) is 11.8 Å². The molecule has 0 saturated carbocycles. The van der Waals surface area contributed by atoms with Crippen molar-refractivity contribution >= 4 is 10.9 Å². The lowest BCUT2D eigenvalue weighted by atomic mass is 9.76. The fourth-order valence-electron chi connectivity index (χ4n) is 4.97. The van der Waals surface area contributed by atoms with Crippen molar-refractivity contribution < 1.29 is 25.2 Å². The van der Waals surface area contributed by atoms with Gasteiger partial charge in [0.1, 0.15) is 17.3 Å². The van der Waals surface area contributed by atoms with E-state index in [4.69, 9.17) is 4.74 Å². The van der Waals surface area contributed by atoms with Gasteiger partial charge in [-0.3, -0.25) is 9.55 Å². The second-order valence-corrected chi connectivity index (χ2v) is 7.77. The quantitative estimate of drug-likeness (QED) is 0.534. The van der Waals surface area contributed by atoms with Gasteiger partial charge in [-0.15, -0.1) is 0 Å². The Morgan fingerprint density at radius 2 is 2.03 bits per heavy atom. The summed E-state index contributed by atoms with van der Waals surface area (Å²) >= 11 is 0. The van der Waals surface area contributed by atoms with Gasteiger partial charge in [0.2, 0.25) is 11.8 Å². The van der Waals surface area contributed by atoms with Gasteiger partial charge in [0.05, 0.1) is 34.0 Å². The first kappa shape index (κ1) is 17.9. The van der Waals surface area contributed by atoms with E-state index in [9.17, 15) is 25.7 Å². The third-order valence-electron chi connectivity index (χ3n) is 6.26. The summed E-state index contributed by atoms with van der Waals surface area (Å²) in [7, 11) is 0. The van der Waals surface area contributed by atoms with Crippen LogP contribution in [0.25, 0.3) is 16.6 Å². The molecule has 2 aliphatic heterocycles. The molecule has 4 N–H and O–H groups in total. The van der Waals surface area contributed by atoms with Gasteiger partial charge in [0.25, 0.3) is 0 Å². The average molecular weight is 393 g/mol. The van der Waals surface area contributed by atoms with Crippen molar-refractivity contribution in [3.05, 3.63) is 47.2 Å². The summed E-state index contributed by atoms with van der Waals surface area (Å²) < 4.78 is 7.38. The average Bonchev–Trinajstić information content (AvgIpc) is 3.23. The number of benzene rings is 1. The van der Waals surface area contributed by atoms with Crippen LogP contribution in [0.3, 0.4) is 0 Å². The highest BCUT2D eigenvalue weighted by molar-refractivity contribution is 5.92. The summed E-state index contributed by atoms with van der Waals surface area (Å²) in [5, 5.41) is 52.4. The third kappa shape index (κ3) is 2.04. The van der Waals surface area contributed by atoms with Gasteiger partial charge in [0, 0.05) is 31.0 Å². The molecule has 4 heterocycles. The molecule has 2 aromatic heterocycles. The highest BCUT2D eigenvalue weighted by Crippen LogP contribution is 2.65. The maximum atomic E-state index is 11.2. The number of nitrogens with zero attached hydrogens (tertiary/aromatic N) is 3. The van der Waals surface area contributed by atoms with Crippen LogP contribution >= 0.6 is 0 Å². The van der Waals surface area contributed by atoms with E-state index in [-0.39, 0.29) is 31.2 Å². The monoisotopic (exact) mass is 393 g/mol. The minimum Gasteiger partial charge on any atom is -0.494 e. The lowest BCUT2D eigenvalue weighted by molar-refractivity contribution is -0.108. The second kappa shape index (κ2) is 5.70. The van der Waals surface area contributed by atoms with E-state index in [1.54, 1.807) is 37.4 Å². The summed E-state index contributed by atoms with van der Waals surface area (Å²) in [6, 6.07) is 8.79. The summed E-state index contributed by atoms with van der Waals surface area (Å²) in [4.78, 5) is 4.28. The van der Waals surface area contributed by atoms with Crippen molar-refractivity contribution in [1.82, 2.24) is 9.55 Å². The largest absolute Gasteiger partial charge is 0.494 e. The molecule has 2 bridgehead atoms. The molecule has 1 fully saturated rings. The number of aromatic hydroxyl groups is 2. The lowest BCUT2D eigenvalue weighted by Gasteiger charge is -2.26. The molecule has 3 atom stereocenters. The Labute approximate surface area is 165 Å². The first-order chi connectivity index (χ1) is 13.9. The number of fused-ring (bicyclic) bond motifs is 6. The fourth-order valence-corrected chi connectivity index (χ4v) is 4.97. The number of aromatic nitrogens is 2. The van der Waals surface area contributed by atoms with Crippen molar-refractivity contribution in [2.24, 2.45) is 0 Å². The van der Waals surface area contributed by atoms with E-state index in [1.807, 2.05) is 0 Å². The zero-order valence-corrected chi connectivity index (χ0v) is 15.6. The number of nitriles is 1. The number of hydrogen-bond donors (Lipinski definition) is 4. The van der Waals surface area contributed by atoms with Crippen molar-refractivity contribution in [3.63, 3.8) is 0 Å². The van der Waals surface area contributed by atoms with Gasteiger partial charge in [0.15, 0.2) is 0 Å². The van der Waals surface area contributed by atoms with Gasteiger partial charge in [-0.2, -0.15) is 5.26 Å². The number of pyridine rings is 1. The zero-order chi connectivity index (χ0) is 20.6. The molecular formula is C21H19N3O5. The van der Waals surface area contributed by atoms with Crippen molar-refractivity contribution in [1.29, 1.82) is 5.26 Å². The van der Waals surface area contributed by atoms with Crippen LogP contribution in [0, 0.1) is 11.3 Å². The second-order valence-electron chi connectivity index (χ2n) is 7.77. The molecule has 2 aliphatic rings. The minimum absolute atomic E-state index is 0.180. The van der Waals surface area contributed by atoms with Crippen LogP contribution in [0.1, 0.15) is 36.5 Å². The molecule has 148 valence electrons. The first-order valence-corrected chi connectivity index (χ1v) is 9.33. The van der Waals surface area contributed by atoms with Gasteiger partial charge in [-0.25, -0.2) is 0 Å². The molecule has 0 aliphatic carbocycles. The number of rotatable bonds is 3. The minimum atomic E-state index is -1.20. The van der Waals surface area contributed by atoms with E-state index < -0.39 is 17.3 Å². The van der Waals surface area contributed by atoms with Crippen LogP contribution in [0.15, 0.2) is 30.5 Å². The van der Waals surface area contributed by atoms with E-state index in [0.29, 0.717) is 33.3 Å². The van der Waals surface area contributed by atoms with E-state index in [1.165, 1.54) is 4.57 Å². The SMILES string of the molecule is C[C@@]12O[C@@](CCO)(C[C@H]1O)c1c2c(O)n(-c2ccc(C#N)c3ncccc23)c1O. The Bertz CT molecular complexity index is 1210. The van der Waals surface area contributed by atoms with E-state index in [2.05, 4.69) is 11.1 Å². The maximum absolute atomic E-state index is 11.2. The molecule has 1 saturated heterocycles. The van der Waals surface area contributed by atoms with E-state index >= 15 is 0 Å². The molecule has 29 heavy (non-hydrogen) atoms. The molecule has 5 rings (SSSR count). The third-order valence-corrected chi connectivity index (χ3v) is 6.26. The van der Waals surface area contributed by atoms with Gasteiger partial charge >= 0.3 is 0 Å². The van der Waals surface area contributed by atoms with Crippen LogP contribution < -0.4 is 0 Å². The van der Waals surface area contributed by atoms with Gasteiger partial charge in [-0.1, -0.05) is 0 Å². The normalized spacial score (nSPS) is 27.3. The predicted molar refractivity (Wildman–Crippen MR) is 102 cm³/mol. The van der Waals surface area contributed by atoms with Gasteiger partial charge in [-0.05, 0) is 31.2 Å². The van der Waals surface area contributed by atoms with Crippen molar-refractivity contribution in [3.8, 4) is 23.5 Å². The molecule has 8 nitrogen and oxygen atoms in total. The topological polar surface area (TPSA) is 132 Å². The summed E-state index contributed by atoms with van der Waals surface area (Å²) in [5.74, 6) is -0.454. The molecule has 0 radical (unpaired) electrons. The highest BCUT2D eigenvalue weighted by Gasteiger charge is 2.65. The smallest absolute Gasteiger partial charge is 0.205 e.